The molecule has 0 aromatic heterocycles. The van der Waals surface area contributed by atoms with Crippen molar-refractivity contribution in [2.24, 2.45) is 0 Å². The number of amides is 2. The van der Waals surface area contributed by atoms with Crippen molar-refractivity contribution in [2.75, 3.05) is 25.0 Å². The normalized spacial score (nSPS) is 16.3. The van der Waals surface area contributed by atoms with Gasteiger partial charge in [0.1, 0.15) is 6.10 Å². The number of hydrogen-bond donors (Lipinski definition) is 1. The van der Waals surface area contributed by atoms with E-state index in [4.69, 9.17) is 4.74 Å². The molecule has 1 aliphatic heterocycles. The van der Waals surface area contributed by atoms with Crippen LogP contribution in [0.25, 0.3) is 0 Å². The van der Waals surface area contributed by atoms with Gasteiger partial charge in [0.25, 0.3) is 11.8 Å². The lowest BCUT2D eigenvalue weighted by molar-refractivity contribution is -0.0228. The van der Waals surface area contributed by atoms with E-state index in [2.05, 4.69) is 5.32 Å². The average molecular weight is 386 g/mol. The van der Waals surface area contributed by atoms with Crippen molar-refractivity contribution in [1.82, 2.24) is 4.90 Å². The van der Waals surface area contributed by atoms with Crippen molar-refractivity contribution >= 4 is 17.5 Å². The lowest BCUT2D eigenvalue weighted by atomic mass is 10.1. The van der Waals surface area contributed by atoms with Gasteiger partial charge in [0.15, 0.2) is 0 Å². The first-order valence-electron chi connectivity index (χ1n) is 9.63. The largest absolute Gasteiger partial charge is 0.370 e. The van der Waals surface area contributed by atoms with Crippen LogP contribution >= 0.6 is 0 Å². The van der Waals surface area contributed by atoms with E-state index in [0.717, 1.165) is 5.56 Å². The van der Waals surface area contributed by atoms with E-state index < -0.39 is 0 Å². The summed E-state index contributed by atoms with van der Waals surface area (Å²) in [5, 5.41) is 2.85. The number of benzene rings is 3. The standard InChI is InChI=1S/C24H22N2O3/c27-23(19-9-5-2-6-10-19)25-21-13-11-20(12-14-21)24(28)26-15-16-29-22(17-26)18-7-3-1-4-8-18/h1-14,22H,15-17H2,(H,25,27)/t22-/m0/s1. The third kappa shape index (κ3) is 4.52. The molecule has 29 heavy (non-hydrogen) atoms. The van der Waals surface area contributed by atoms with E-state index >= 15 is 0 Å². The van der Waals surface area contributed by atoms with Crippen molar-refractivity contribution in [2.45, 2.75) is 6.10 Å². The van der Waals surface area contributed by atoms with Crippen molar-refractivity contribution in [3.05, 3.63) is 102 Å². The minimum absolute atomic E-state index is 0.0323. The highest BCUT2D eigenvalue weighted by atomic mass is 16.5. The van der Waals surface area contributed by atoms with Crippen molar-refractivity contribution < 1.29 is 14.3 Å². The van der Waals surface area contributed by atoms with Gasteiger partial charge in [-0.3, -0.25) is 9.59 Å². The van der Waals surface area contributed by atoms with E-state index in [1.807, 2.05) is 53.4 Å². The van der Waals surface area contributed by atoms with Crippen LogP contribution in [0.4, 0.5) is 5.69 Å². The SMILES string of the molecule is O=C(Nc1ccc(C(=O)N2CCO[C@H](c3ccccc3)C2)cc1)c1ccccc1. The second-order valence-corrected chi connectivity index (χ2v) is 6.92. The van der Waals surface area contributed by atoms with E-state index in [9.17, 15) is 9.59 Å². The fourth-order valence-corrected chi connectivity index (χ4v) is 3.37. The van der Waals surface area contributed by atoms with Gasteiger partial charge in [-0.25, -0.2) is 0 Å². The first-order chi connectivity index (χ1) is 14.2. The average Bonchev–Trinajstić information content (AvgIpc) is 2.80. The molecule has 1 heterocycles. The highest BCUT2D eigenvalue weighted by Crippen LogP contribution is 2.23. The Hall–Kier alpha value is -3.44. The summed E-state index contributed by atoms with van der Waals surface area (Å²) in [7, 11) is 0. The first kappa shape index (κ1) is 18.9. The molecule has 0 bridgehead atoms. The molecule has 3 aromatic rings. The molecule has 2 amide bonds. The number of carbonyl (C=O) groups excluding carboxylic acids is 2. The first-order valence-corrected chi connectivity index (χ1v) is 9.63. The van der Waals surface area contributed by atoms with Crippen LogP contribution in [0, 0.1) is 0 Å². The molecular formula is C24H22N2O3. The van der Waals surface area contributed by atoms with Crippen LogP contribution in [-0.4, -0.2) is 36.4 Å². The van der Waals surface area contributed by atoms with Crippen molar-refractivity contribution in [1.29, 1.82) is 0 Å². The molecule has 1 atom stereocenters. The Balaban J connectivity index is 1.40. The summed E-state index contributed by atoms with van der Waals surface area (Å²) in [6, 6.07) is 26.0. The molecule has 0 unspecified atom stereocenters. The summed E-state index contributed by atoms with van der Waals surface area (Å²) in [6.45, 7) is 1.60. The number of rotatable bonds is 4. The number of morpholine rings is 1. The fraction of sp³-hybridized carbons (Fsp3) is 0.167. The van der Waals surface area contributed by atoms with E-state index in [1.165, 1.54) is 0 Å². The van der Waals surface area contributed by atoms with Crippen LogP contribution in [0.1, 0.15) is 32.4 Å². The number of anilines is 1. The summed E-state index contributed by atoms with van der Waals surface area (Å²) in [5.41, 5.74) is 2.91. The van der Waals surface area contributed by atoms with Gasteiger partial charge in [0.05, 0.1) is 13.2 Å². The maximum atomic E-state index is 12.9. The Morgan fingerprint density at radius 3 is 2.17 bits per heavy atom. The zero-order valence-electron chi connectivity index (χ0n) is 16.0. The number of nitrogens with one attached hydrogen (secondary N) is 1. The summed E-state index contributed by atoms with van der Waals surface area (Å²) < 4.78 is 5.84. The molecule has 0 spiro atoms. The molecule has 146 valence electrons. The van der Waals surface area contributed by atoms with Gasteiger partial charge < -0.3 is 15.0 Å². The summed E-state index contributed by atoms with van der Waals surface area (Å²) in [6.07, 6.45) is -0.113. The van der Waals surface area contributed by atoms with E-state index in [-0.39, 0.29) is 17.9 Å². The Morgan fingerprint density at radius 1 is 0.828 bits per heavy atom. The molecule has 1 fully saturated rings. The number of ether oxygens (including phenoxy) is 1. The molecular weight excluding hydrogens is 364 g/mol. The van der Waals surface area contributed by atoms with Gasteiger partial charge in [-0.05, 0) is 42.0 Å². The lowest BCUT2D eigenvalue weighted by Crippen LogP contribution is -2.42. The highest BCUT2D eigenvalue weighted by molar-refractivity contribution is 6.04. The fourth-order valence-electron chi connectivity index (χ4n) is 3.37. The van der Waals surface area contributed by atoms with Crippen molar-refractivity contribution in [3.8, 4) is 0 Å². The lowest BCUT2D eigenvalue weighted by Gasteiger charge is -2.33. The maximum Gasteiger partial charge on any atom is 0.255 e. The predicted molar refractivity (Wildman–Crippen MR) is 112 cm³/mol. The summed E-state index contributed by atoms with van der Waals surface area (Å²) in [4.78, 5) is 27.0. The van der Waals surface area contributed by atoms with E-state index in [0.29, 0.717) is 36.5 Å². The molecule has 0 radical (unpaired) electrons. The number of carbonyl (C=O) groups is 2. The molecule has 1 saturated heterocycles. The summed E-state index contributed by atoms with van der Waals surface area (Å²) >= 11 is 0. The second-order valence-electron chi connectivity index (χ2n) is 6.92. The molecule has 0 saturated carbocycles. The van der Waals surface area contributed by atoms with Gasteiger partial charge in [-0.2, -0.15) is 0 Å². The predicted octanol–water partition coefficient (Wildman–Crippen LogP) is 4.15. The van der Waals surface area contributed by atoms with Crippen LogP contribution in [0.3, 0.4) is 0 Å². The van der Waals surface area contributed by atoms with E-state index in [1.54, 1.807) is 36.4 Å². The van der Waals surface area contributed by atoms with Gasteiger partial charge in [-0.1, -0.05) is 48.5 Å². The quantitative estimate of drug-likeness (QED) is 0.733. The van der Waals surface area contributed by atoms with Crippen LogP contribution in [0.5, 0.6) is 0 Å². The zero-order chi connectivity index (χ0) is 20.1. The molecule has 4 rings (SSSR count). The van der Waals surface area contributed by atoms with Gasteiger partial charge in [0.2, 0.25) is 0 Å². The Labute approximate surface area is 169 Å². The topological polar surface area (TPSA) is 58.6 Å². The Bertz CT molecular complexity index is 972. The molecule has 1 N–H and O–H groups in total. The molecule has 0 aliphatic carbocycles. The van der Waals surface area contributed by atoms with Crippen molar-refractivity contribution in [3.63, 3.8) is 0 Å². The molecule has 5 heteroatoms. The van der Waals surface area contributed by atoms with Crippen LogP contribution in [0.15, 0.2) is 84.9 Å². The maximum absolute atomic E-state index is 12.9. The van der Waals surface area contributed by atoms with Gasteiger partial charge >= 0.3 is 0 Å². The van der Waals surface area contributed by atoms with Crippen LogP contribution in [-0.2, 0) is 4.74 Å². The van der Waals surface area contributed by atoms with Gasteiger partial charge in [-0.15, -0.1) is 0 Å². The Kier molecular flexibility index (Phi) is 5.68. The highest BCUT2D eigenvalue weighted by Gasteiger charge is 2.26. The zero-order valence-corrected chi connectivity index (χ0v) is 16.0. The molecule has 1 aliphatic rings. The minimum atomic E-state index is -0.177. The van der Waals surface area contributed by atoms with Crippen LogP contribution in [0.2, 0.25) is 0 Å². The van der Waals surface area contributed by atoms with Gasteiger partial charge in [0, 0.05) is 23.4 Å². The second kappa shape index (κ2) is 8.71. The number of nitrogens with zero attached hydrogens (tertiary/aromatic N) is 1. The third-order valence-electron chi connectivity index (χ3n) is 4.95. The summed E-state index contributed by atoms with van der Waals surface area (Å²) in [5.74, 6) is -0.210. The minimum Gasteiger partial charge on any atom is -0.370 e. The molecule has 3 aromatic carbocycles. The Morgan fingerprint density at radius 2 is 1.48 bits per heavy atom. The van der Waals surface area contributed by atoms with Crippen LogP contribution < -0.4 is 5.32 Å². The third-order valence-corrected chi connectivity index (χ3v) is 4.95. The number of hydrogen-bond acceptors (Lipinski definition) is 3. The smallest absolute Gasteiger partial charge is 0.255 e. The molecule has 5 nitrogen and oxygen atoms in total. The monoisotopic (exact) mass is 386 g/mol.